The topological polar surface area (TPSA) is 22.0 Å². The van der Waals surface area contributed by atoms with E-state index in [4.69, 9.17) is 0 Å². The average molecular weight is 244 g/mol. The molecule has 0 radical (unpaired) electrons. The average Bonchev–Trinajstić information content (AvgIpc) is 2.40. The third kappa shape index (κ3) is 1.11. The van der Waals surface area contributed by atoms with Crippen LogP contribution in [0.3, 0.4) is 0 Å². The molecule has 0 aliphatic carbocycles. The number of hydrogen-bond acceptors (Lipinski definition) is 2. The molecule has 0 unspecified atom stereocenters. The first-order valence-electron chi connectivity index (χ1n) is 3.47. The summed E-state index contributed by atoms with van der Waals surface area (Å²) in [6.07, 6.45) is 0. The Kier molecular flexibility index (Phi) is 2.02. The minimum absolute atomic E-state index is 0.0908. The van der Waals surface area contributed by atoms with Crippen molar-refractivity contribution in [1.82, 2.24) is 4.57 Å². The summed E-state index contributed by atoms with van der Waals surface area (Å²) >= 11 is 4.56. The van der Waals surface area contributed by atoms with Gasteiger partial charge >= 0.3 is 4.87 Å². The summed E-state index contributed by atoms with van der Waals surface area (Å²) in [5.74, 6) is 0. The van der Waals surface area contributed by atoms with Crippen molar-refractivity contribution in [2.45, 2.75) is 5.45 Å². The van der Waals surface area contributed by atoms with Crippen molar-refractivity contribution in [3.8, 4) is 0 Å². The molecule has 2 rings (SSSR count). The number of alkyl halides is 1. The van der Waals surface area contributed by atoms with E-state index in [9.17, 15) is 4.79 Å². The number of fused-ring (bicyclic) bond motifs is 1. The second-order valence-corrected chi connectivity index (χ2v) is 3.88. The number of thiazole rings is 1. The number of benzene rings is 1. The Labute approximate surface area is 81.6 Å². The second kappa shape index (κ2) is 3.03. The van der Waals surface area contributed by atoms with E-state index >= 15 is 0 Å². The fraction of sp³-hybridized carbons (Fsp3) is 0.125. The molecule has 0 atom stereocenters. The lowest BCUT2D eigenvalue weighted by Gasteiger charge is -1.94. The monoisotopic (exact) mass is 243 g/mol. The lowest BCUT2D eigenvalue weighted by molar-refractivity contribution is 0.926. The van der Waals surface area contributed by atoms with Gasteiger partial charge in [0.1, 0.15) is 0 Å². The Morgan fingerprint density at radius 1 is 1.42 bits per heavy atom. The SMILES string of the molecule is O=c1sc2ccccc2n1CBr. The van der Waals surface area contributed by atoms with E-state index in [1.54, 1.807) is 4.57 Å². The van der Waals surface area contributed by atoms with Crippen LogP contribution in [0.4, 0.5) is 0 Å². The third-order valence-corrected chi connectivity index (χ3v) is 3.15. The molecule has 12 heavy (non-hydrogen) atoms. The lowest BCUT2D eigenvalue weighted by atomic mass is 10.3. The Hall–Kier alpha value is -0.610. The summed E-state index contributed by atoms with van der Waals surface area (Å²) in [6, 6.07) is 7.79. The first-order chi connectivity index (χ1) is 5.83. The Bertz CT molecular complexity index is 459. The standard InChI is InChI=1S/C8H6BrNOS/c9-5-10-6-3-1-2-4-7(6)12-8(10)11/h1-4H,5H2. The molecule has 2 nitrogen and oxygen atoms in total. The van der Waals surface area contributed by atoms with Crippen LogP contribution in [0, 0.1) is 0 Å². The lowest BCUT2D eigenvalue weighted by Crippen LogP contribution is -2.08. The van der Waals surface area contributed by atoms with E-state index in [1.165, 1.54) is 11.3 Å². The number of nitrogens with zero attached hydrogens (tertiary/aromatic N) is 1. The molecule has 0 spiro atoms. The smallest absolute Gasteiger partial charge is 0.288 e. The van der Waals surface area contributed by atoms with Crippen molar-refractivity contribution in [3.63, 3.8) is 0 Å². The van der Waals surface area contributed by atoms with E-state index < -0.39 is 0 Å². The zero-order valence-electron chi connectivity index (χ0n) is 6.16. The van der Waals surface area contributed by atoms with Gasteiger partial charge in [-0.15, -0.1) is 0 Å². The van der Waals surface area contributed by atoms with Gasteiger partial charge in [0.2, 0.25) is 0 Å². The van der Waals surface area contributed by atoms with Gasteiger partial charge < -0.3 is 0 Å². The highest BCUT2D eigenvalue weighted by molar-refractivity contribution is 9.08. The summed E-state index contributed by atoms with van der Waals surface area (Å²) in [5, 5.41) is 0. The predicted octanol–water partition coefficient (Wildman–Crippen LogP) is 2.42. The molecule has 62 valence electrons. The molecule has 1 heterocycles. The van der Waals surface area contributed by atoms with Crippen LogP contribution in [0.25, 0.3) is 10.2 Å². The summed E-state index contributed by atoms with van der Waals surface area (Å²) in [7, 11) is 0. The minimum Gasteiger partial charge on any atom is -0.288 e. The molecule has 0 amide bonds. The van der Waals surface area contributed by atoms with Gasteiger partial charge in [0.05, 0.1) is 15.7 Å². The van der Waals surface area contributed by atoms with Gasteiger partial charge in [0.15, 0.2) is 0 Å². The van der Waals surface area contributed by atoms with E-state index in [0.29, 0.717) is 5.45 Å². The molecule has 0 N–H and O–H groups in total. The van der Waals surface area contributed by atoms with Gasteiger partial charge in [-0.1, -0.05) is 39.4 Å². The molecule has 0 saturated carbocycles. The maximum absolute atomic E-state index is 11.3. The molecular formula is C8H6BrNOS. The van der Waals surface area contributed by atoms with Crippen LogP contribution in [-0.4, -0.2) is 4.57 Å². The second-order valence-electron chi connectivity index (χ2n) is 2.38. The molecule has 0 saturated heterocycles. The highest BCUT2D eigenvalue weighted by Crippen LogP contribution is 2.16. The van der Waals surface area contributed by atoms with E-state index in [1.807, 2.05) is 24.3 Å². The van der Waals surface area contributed by atoms with Crippen molar-refractivity contribution in [2.24, 2.45) is 0 Å². The molecule has 0 aliphatic rings. The van der Waals surface area contributed by atoms with Gasteiger partial charge in [0.25, 0.3) is 0 Å². The van der Waals surface area contributed by atoms with Gasteiger partial charge in [-0.05, 0) is 12.1 Å². The van der Waals surface area contributed by atoms with Gasteiger partial charge in [-0.25, -0.2) is 0 Å². The van der Waals surface area contributed by atoms with E-state index in [-0.39, 0.29) is 4.87 Å². The molecular weight excluding hydrogens is 238 g/mol. The summed E-state index contributed by atoms with van der Waals surface area (Å²) in [5.41, 5.74) is 1.57. The van der Waals surface area contributed by atoms with E-state index in [2.05, 4.69) is 15.9 Å². The molecule has 0 aliphatic heterocycles. The van der Waals surface area contributed by atoms with Crippen molar-refractivity contribution in [1.29, 1.82) is 0 Å². The number of halogens is 1. The van der Waals surface area contributed by atoms with Crippen LogP contribution >= 0.6 is 27.3 Å². The number of hydrogen-bond donors (Lipinski definition) is 0. The van der Waals surface area contributed by atoms with Crippen LogP contribution < -0.4 is 4.87 Å². The zero-order chi connectivity index (χ0) is 8.55. The summed E-state index contributed by atoms with van der Waals surface area (Å²) < 4.78 is 2.75. The molecule has 2 aromatic rings. The fourth-order valence-electron chi connectivity index (χ4n) is 1.13. The quantitative estimate of drug-likeness (QED) is 0.706. The van der Waals surface area contributed by atoms with Crippen LogP contribution in [-0.2, 0) is 5.45 Å². The summed E-state index contributed by atoms with van der Waals surface area (Å²) in [6.45, 7) is 0. The maximum atomic E-state index is 11.3. The highest BCUT2D eigenvalue weighted by atomic mass is 79.9. The van der Waals surface area contributed by atoms with Crippen LogP contribution in [0.1, 0.15) is 0 Å². The number of aromatic nitrogens is 1. The molecule has 4 heteroatoms. The van der Waals surface area contributed by atoms with Crippen molar-refractivity contribution < 1.29 is 0 Å². The molecule has 1 aromatic carbocycles. The Morgan fingerprint density at radius 3 is 2.92 bits per heavy atom. The molecule has 0 fully saturated rings. The van der Waals surface area contributed by atoms with Gasteiger partial charge in [0, 0.05) is 0 Å². The van der Waals surface area contributed by atoms with Gasteiger partial charge in [-0.3, -0.25) is 9.36 Å². The summed E-state index contributed by atoms with van der Waals surface area (Å²) in [4.78, 5) is 11.4. The fourth-order valence-corrected chi connectivity index (χ4v) is 2.68. The Morgan fingerprint density at radius 2 is 2.17 bits per heavy atom. The van der Waals surface area contributed by atoms with Crippen molar-refractivity contribution in [3.05, 3.63) is 33.9 Å². The maximum Gasteiger partial charge on any atom is 0.308 e. The Balaban J connectivity index is 2.91. The first kappa shape index (κ1) is 8.01. The third-order valence-electron chi connectivity index (χ3n) is 1.69. The first-order valence-corrected chi connectivity index (χ1v) is 5.41. The van der Waals surface area contributed by atoms with Crippen molar-refractivity contribution in [2.75, 3.05) is 0 Å². The molecule has 1 aromatic heterocycles. The van der Waals surface area contributed by atoms with Crippen LogP contribution in [0.5, 0.6) is 0 Å². The van der Waals surface area contributed by atoms with Crippen LogP contribution in [0.15, 0.2) is 29.1 Å². The number of para-hydroxylation sites is 1. The normalized spacial score (nSPS) is 10.8. The zero-order valence-corrected chi connectivity index (χ0v) is 8.56. The van der Waals surface area contributed by atoms with Gasteiger partial charge in [-0.2, -0.15) is 0 Å². The largest absolute Gasteiger partial charge is 0.308 e. The van der Waals surface area contributed by atoms with E-state index in [0.717, 1.165) is 10.2 Å². The number of rotatable bonds is 1. The minimum atomic E-state index is 0.0908. The predicted molar refractivity (Wildman–Crippen MR) is 55.0 cm³/mol. The van der Waals surface area contributed by atoms with Crippen molar-refractivity contribution >= 4 is 37.5 Å². The van der Waals surface area contributed by atoms with Crippen LogP contribution in [0.2, 0.25) is 0 Å². The molecule has 0 bridgehead atoms. The highest BCUT2D eigenvalue weighted by Gasteiger charge is 2.03.